The summed E-state index contributed by atoms with van der Waals surface area (Å²) in [6.07, 6.45) is 2.11. The summed E-state index contributed by atoms with van der Waals surface area (Å²) in [5, 5.41) is 3.56. The first-order valence-corrected chi connectivity index (χ1v) is 8.35. The summed E-state index contributed by atoms with van der Waals surface area (Å²) in [7, 11) is 1.75. The molecule has 4 nitrogen and oxygen atoms in total. The van der Waals surface area contributed by atoms with Gasteiger partial charge in [0.05, 0.1) is 26.4 Å². The molecule has 1 N–H and O–H groups in total. The van der Waals surface area contributed by atoms with Gasteiger partial charge in [0.2, 0.25) is 0 Å². The lowest BCUT2D eigenvalue weighted by Gasteiger charge is -2.31. The number of hydrogen-bond donors (Lipinski definition) is 1. The first-order valence-electron chi connectivity index (χ1n) is 7.56. The van der Waals surface area contributed by atoms with Gasteiger partial charge < -0.3 is 19.5 Å². The fourth-order valence-electron chi connectivity index (χ4n) is 3.26. The van der Waals surface area contributed by atoms with Crippen molar-refractivity contribution >= 4 is 15.9 Å². The fraction of sp³-hybridized carbons (Fsp3) is 0.625. The second-order valence-corrected chi connectivity index (χ2v) is 6.49. The van der Waals surface area contributed by atoms with Crippen LogP contribution in [0.1, 0.15) is 35.9 Å². The summed E-state index contributed by atoms with van der Waals surface area (Å²) in [6.45, 7) is 4.06. The average Bonchev–Trinajstić information content (AvgIpc) is 2.55. The Labute approximate surface area is 134 Å². The summed E-state index contributed by atoms with van der Waals surface area (Å²) in [4.78, 5) is 0. The third kappa shape index (κ3) is 3.42. The van der Waals surface area contributed by atoms with Crippen molar-refractivity contribution in [3.63, 3.8) is 0 Å². The van der Waals surface area contributed by atoms with Crippen LogP contribution in [-0.2, 0) is 9.47 Å². The third-order valence-corrected chi connectivity index (χ3v) is 4.74. The Hall–Kier alpha value is -0.620. The molecule has 0 aromatic heterocycles. The second kappa shape index (κ2) is 7.09. The summed E-state index contributed by atoms with van der Waals surface area (Å²) in [5.74, 6) is 1.47. The summed E-state index contributed by atoms with van der Waals surface area (Å²) in [6, 6.07) is 4.51. The van der Waals surface area contributed by atoms with Crippen molar-refractivity contribution in [2.24, 2.45) is 0 Å². The molecule has 116 valence electrons. The van der Waals surface area contributed by atoms with E-state index in [2.05, 4.69) is 33.4 Å². The van der Waals surface area contributed by atoms with Crippen LogP contribution < -0.4 is 10.1 Å². The second-order valence-electron chi connectivity index (χ2n) is 5.58. The Morgan fingerprint density at radius 3 is 2.67 bits per heavy atom. The van der Waals surface area contributed by atoms with Crippen LogP contribution in [0.4, 0.5) is 0 Å². The molecule has 0 aliphatic carbocycles. The highest BCUT2D eigenvalue weighted by Gasteiger charge is 2.27. The molecule has 2 heterocycles. The molecule has 2 saturated heterocycles. The van der Waals surface area contributed by atoms with E-state index in [9.17, 15) is 0 Å². The standard InChI is InChI=1S/C16H22BrNO3/c1-19-15-9-12(17)8-13(14-10-21-7-4-18-14)16(15)11-2-5-20-6-3-11/h8-9,11,14,18H,2-7,10H2,1H3. The molecule has 1 aromatic carbocycles. The molecule has 5 heteroatoms. The van der Waals surface area contributed by atoms with E-state index >= 15 is 0 Å². The molecular formula is C16H22BrNO3. The first-order chi connectivity index (χ1) is 10.3. The number of nitrogens with one attached hydrogen (secondary N) is 1. The molecule has 0 amide bonds. The van der Waals surface area contributed by atoms with E-state index < -0.39 is 0 Å². The lowest BCUT2D eigenvalue weighted by Crippen LogP contribution is -2.35. The first kappa shape index (κ1) is 15.3. The molecular weight excluding hydrogens is 334 g/mol. The lowest BCUT2D eigenvalue weighted by molar-refractivity contribution is 0.0736. The number of methoxy groups -OCH3 is 1. The maximum absolute atomic E-state index is 5.67. The van der Waals surface area contributed by atoms with Gasteiger partial charge in [0, 0.05) is 29.8 Å². The van der Waals surface area contributed by atoms with Crippen LogP contribution in [0.3, 0.4) is 0 Å². The van der Waals surface area contributed by atoms with Crippen LogP contribution in [0.15, 0.2) is 16.6 Å². The molecule has 21 heavy (non-hydrogen) atoms. The van der Waals surface area contributed by atoms with Gasteiger partial charge in [-0.15, -0.1) is 0 Å². The van der Waals surface area contributed by atoms with Crippen LogP contribution >= 0.6 is 15.9 Å². The van der Waals surface area contributed by atoms with Crippen molar-refractivity contribution in [3.05, 3.63) is 27.7 Å². The Bertz CT molecular complexity index is 483. The van der Waals surface area contributed by atoms with E-state index in [0.717, 1.165) is 56.0 Å². The van der Waals surface area contributed by atoms with E-state index in [1.165, 1.54) is 11.1 Å². The number of morpholine rings is 1. The topological polar surface area (TPSA) is 39.7 Å². The number of ether oxygens (including phenoxy) is 3. The van der Waals surface area contributed by atoms with Crippen molar-refractivity contribution in [2.45, 2.75) is 24.8 Å². The monoisotopic (exact) mass is 355 g/mol. The quantitative estimate of drug-likeness (QED) is 0.904. The Kier molecular flexibility index (Phi) is 5.16. The zero-order valence-electron chi connectivity index (χ0n) is 12.4. The van der Waals surface area contributed by atoms with Gasteiger partial charge in [-0.25, -0.2) is 0 Å². The molecule has 0 bridgehead atoms. The van der Waals surface area contributed by atoms with Crippen LogP contribution in [0, 0.1) is 0 Å². The fourth-order valence-corrected chi connectivity index (χ4v) is 3.71. The average molecular weight is 356 g/mol. The largest absolute Gasteiger partial charge is 0.496 e. The van der Waals surface area contributed by atoms with Crippen molar-refractivity contribution < 1.29 is 14.2 Å². The van der Waals surface area contributed by atoms with Gasteiger partial charge in [-0.2, -0.15) is 0 Å². The summed E-state index contributed by atoms with van der Waals surface area (Å²) in [5.41, 5.74) is 2.62. The highest BCUT2D eigenvalue weighted by atomic mass is 79.9. The van der Waals surface area contributed by atoms with Crippen molar-refractivity contribution in [1.82, 2.24) is 5.32 Å². The highest BCUT2D eigenvalue weighted by molar-refractivity contribution is 9.10. The van der Waals surface area contributed by atoms with Gasteiger partial charge >= 0.3 is 0 Å². The Morgan fingerprint density at radius 1 is 1.19 bits per heavy atom. The van der Waals surface area contributed by atoms with E-state index in [4.69, 9.17) is 14.2 Å². The molecule has 1 aromatic rings. The van der Waals surface area contributed by atoms with E-state index in [0.29, 0.717) is 5.92 Å². The number of hydrogen-bond acceptors (Lipinski definition) is 4. The predicted octanol–water partition coefficient (Wildman–Crippen LogP) is 3.01. The summed E-state index contributed by atoms with van der Waals surface area (Å²) < 4.78 is 17.9. The zero-order chi connectivity index (χ0) is 14.7. The van der Waals surface area contributed by atoms with Gasteiger partial charge in [0.1, 0.15) is 5.75 Å². The molecule has 0 saturated carbocycles. The molecule has 1 atom stereocenters. The molecule has 2 fully saturated rings. The Balaban J connectivity index is 2.00. The highest BCUT2D eigenvalue weighted by Crippen LogP contribution is 2.40. The Morgan fingerprint density at radius 2 is 2.00 bits per heavy atom. The van der Waals surface area contributed by atoms with E-state index in [1.807, 2.05) is 0 Å². The summed E-state index contributed by atoms with van der Waals surface area (Å²) >= 11 is 3.61. The molecule has 0 radical (unpaired) electrons. The molecule has 3 rings (SSSR count). The SMILES string of the molecule is COc1cc(Br)cc(C2COCCN2)c1C1CCOCC1. The third-order valence-electron chi connectivity index (χ3n) is 4.29. The molecule has 1 unspecified atom stereocenters. The van der Waals surface area contributed by atoms with Gasteiger partial charge in [0.25, 0.3) is 0 Å². The maximum Gasteiger partial charge on any atom is 0.123 e. The van der Waals surface area contributed by atoms with Crippen molar-refractivity contribution in [1.29, 1.82) is 0 Å². The van der Waals surface area contributed by atoms with Crippen LogP contribution in [0.5, 0.6) is 5.75 Å². The normalized spacial score (nSPS) is 24.0. The number of rotatable bonds is 3. The number of benzene rings is 1. The molecule has 2 aliphatic heterocycles. The minimum Gasteiger partial charge on any atom is -0.496 e. The van der Waals surface area contributed by atoms with Crippen LogP contribution in [0.25, 0.3) is 0 Å². The smallest absolute Gasteiger partial charge is 0.123 e. The lowest BCUT2D eigenvalue weighted by atomic mass is 9.85. The maximum atomic E-state index is 5.67. The minimum absolute atomic E-state index is 0.239. The van der Waals surface area contributed by atoms with Crippen molar-refractivity contribution in [2.75, 3.05) is 40.1 Å². The van der Waals surface area contributed by atoms with Crippen molar-refractivity contribution in [3.8, 4) is 5.75 Å². The minimum atomic E-state index is 0.239. The molecule has 0 spiro atoms. The molecule has 2 aliphatic rings. The van der Waals surface area contributed by atoms with Crippen LogP contribution in [0.2, 0.25) is 0 Å². The zero-order valence-corrected chi connectivity index (χ0v) is 13.9. The van der Waals surface area contributed by atoms with Gasteiger partial charge in [-0.3, -0.25) is 0 Å². The van der Waals surface area contributed by atoms with Gasteiger partial charge in [-0.1, -0.05) is 15.9 Å². The van der Waals surface area contributed by atoms with E-state index in [-0.39, 0.29) is 6.04 Å². The van der Waals surface area contributed by atoms with Gasteiger partial charge in [0.15, 0.2) is 0 Å². The number of halogens is 1. The van der Waals surface area contributed by atoms with Crippen LogP contribution in [-0.4, -0.2) is 40.1 Å². The predicted molar refractivity (Wildman–Crippen MR) is 85.1 cm³/mol. The van der Waals surface area contributed by atoms with Gasteiger partial charge in [-0.05, 0) is 36.5 Å². The van der Waals surface area contributed by atoms with E-state index in [1.54, 1.807) is 7.11 Å².